The van der Waals surface area contributed by atoms with E-state index >= 15 is 0 Å². The number of rotatable bonds is 16. The van der Waals surface area contributed by atoms with E-state index in [-0.39, 0.29) is 77.8 Å². The molecule has 0 aliphatic heterocycles. The van der Waals surface area contributed by atoms with Gasteiger partial charge in [0.1, 0.15) is 5.56 Å². The normalized spacial score (nSPS) is 25.7. The lowest BCUT2D eigenvalue weighted by atomic mass is 9.39. The van der Waals surface area contributed by atoms with Gasteiger partial charge in [0.2, 0.25) is 0 Å². The lowest BCUT2D eigenvalue weighted by Crippen LogP contribution is -2.65. The molecule has 4 atom stereocenters. The minimum Gasteiger partial charge on any atom is -0.619 e. The summed E-state index contributed by atoms with van der Waals surface area (Å²) in [6, 6.07) is 33.5. The van der Waals surface area contributed by atoms with Crippen LogP contribution in [-0.2, 0) is 22.6 Å². The molecule has 0 spiro atoms. The quantitative estimate of drug-likeness (QED) is 0.0517. The molecule has 4 N–H and O–H groups in total. The fourth-order valence-electron chi connectivity index (χ4n) is 23.2. The summed E-state index contributed by atoms with van der Waals surface area (Å²) < 4.78 is 20.6. The van der Waals surface area contributed by atoms with Gasteiger partial charge in [-0.25, -0.2) is 29.5 Å². The highest BCUT2D eigenvalue weighted by Crippen LogP contribution is 2.74. The second kappa shape index (κ2) is 25.9. The fourth-order valence-corrected chi connectivity index (χ4v) is 24.9. The Morgan fingerprint density at radius 1 is 0.495 bits per heavy atom. The van der Waals surface area contributed by atoms with E-state index in [1.165, 1.54) is 54.1 Å². The number of carbonyl (C=O) groups excluding carboxylic acids is 2. The first-order valence-corrected chi connectivity index (χ1v) is 39.9. The van der Waals surface area contributed by atoms with Crippen LogP contribution >= 0.6 is 22.7 Å². The van der Waals surface area contributed by atoms with E-state index in [4.69, 9.17) is 24.7 Å². The van der Waals surface area contributed by atoms with Crippen LogP contribution in [0.1, 0.15) is 199 Å². The van der Waals surface area contributed by atoms with Crippen molar-refractivity contribution in [3.05, 3.63) is 185 Å². The predicted octanol–water partition coefficient (Wildman–Crippen LogP) is 19.2. The molecule has 21 nitrogen and oxygen atoms in total. The number of amides is 2. The van der Waals surface area contributed by atoms with Gasteiger partial charge < -0.3 is 24.9 Å². The van der Waals surface area contributed by atoms with Gasteiger partial charge in [0.25, 0.3) is 11.8 Å². The summed E-state index contributed by atoms with van der Waals surface area (Å²) in [7, 11) is 0. The summed E-state index contributed by atoms with van der Waals surface area (Å²) >= 11 is 2.75. The maximum absolute atomic E-state index is 13.6. The summed E-state index contributed by atoms with van der Waals surface area (Å²) in [6.45, 7) is 28.4. The first-order valence-electron chi connectivity index (χ1n) is 38.3. The molecule has 0 saturated heterocycles. The molecule has 570 valence electrons. The minimum absolute atomic E-state index is 0.0286. The number of thiazole rings is 2. The number of pyridine rings is 4. The molecule has 4 unspecified atom stereocenters. The van der Waals surface area contributed by atoms with Gasteiger partial charge in [-0.3, -0.25) is 34.6 Å². The molecule has 23 heteroatoms. The number of hydrogen-bond donors (Lipinski definition) is 4. The maximum atomic E-state index is 13.6. The average Bonchev–Trinajstić information content (AvgIpc) is 1.21. The standard InChI is InChI=1S/C44H46N6O5S.C44H46N6O4S/c1-26-31(16-45-50(26)25-43-20-41(5)19-42(6,21-43)23-44(22-41,24-43)55-40(2,3)4)29-13-14-33(46-36(29)38(52)53)27-11-12-28-17-49(54)18-32(30(28)15-27)37(51)48-39-47-34-9-7-8-10-35(34)56-39;1-26-31(18-46-50(26)25-43-20-41(5)19-42(6,21-43)23-44(22-41,24-43)54-40(2,3)4)29-13-14-33(47-36(29)38(52)53)27-11-12-28-16-45-17-32(30(28)15-27)37(51)49-39-48-34-9-7-8-10-35(34)55-39/h7-18H,19-25H2,1-6H3,(H,52,53)(H,47,48,51);7-18H,19-25H2,1-6H3,(H,52,53)(H,48,49,51). The van der Waals surface area contributed by atoms with E-state index in [2.05, 4.69) is 109 Å². The number of nitrogens with one attached hydrogen (secondary N) is 2. The SMILES string of the molecule is Cc1c(-c2ccc(-c3ccc4c[n+]([O-])cc(C(=O)Nc5nc6ccccc6s5)c4c3)nc2C(=O)O)cnn1CC12CC3(C)CC(C)(C1)CC(OC(C)(C)C)(C3)C2.Cc1c(-c2ccc(-c3ccc4cncc(C(=O)Nc5nc6ccccc6s5)c4c3)nc2C(=O)O)cnn1CC12CC3(C)CC(C)(C1)CC(OC(C)(C)C)(C3)C2. The minimum atomic E-state index is -1.15. The molecule has 111 heavy (non-hydrogen) atoms. The van der Waals surface area contributed by atoms with E-state index in [1.54, 1.807) is 48.9 Å². The van der Waals surface area contributed by atoms with Gasteiger partial charge in [-0.05, 0) is 237 Å². The molecule has 8 fully saturated rings. The van der Waals surface area contributed by atoms with Crippen molar-refractivity contribution < 1.29 is 43.6 Å². The van der Waals surface area contributed by atoms with Gasteiger partial charge in [0.05, 0.1) is 72.2 Å². The number of nitrogens with zero attached hydrogens (tertiary/aromatic N) is 10. The highest BCUT2D eigenvalue weighted by molar-refractivity contribution is 7.22. The number of aromatic carboxylic acids is 2. The van der Waals surface area contributed by atoms with E-state index in [0.717, 1.165) is 126 Å². The number of aromatic nitrogens is 10. The highest BCUT2D eigenvalue weighted by Gasteiger charge is 2.68. The second-order valence-corrected chi connectivity index (χ2v) is 39.0. The van der Waals surface area contributed by atoms with Gasteiger partial charge in [-0.2, -0.15) is 14.9 Å². The summed E-state index contributed by atoms with van der Waals surface area (Å²) in [5.41, 5.74) is 8.70. The van der Waals surface area contributed by atoms with Crippen LogP contribution in [0, 0.1) is 51.5 Å². The molecule has 8 aliphatic carbocycles. The van der Waals surface area contributed by atoms with E-state index < -0.39 is 17.8 Å². The van der Waals surface area contributed by atoms with E-state index in [9.17, 15) is 34.6 Å². The van der Waals surface area contributed by atoms with Crippen LogP contribution in [0.5, 0.6) is 0 Å². The Kier molecular flexibility index (Phi) is 17.2. The fraction of sp³-hybridized carbons (Fsp3) is 0.409. The molecule has 0 radical (unpaired) electrons. The number of anilines is 2. The summed E-state index contributed by atoms with van der Waals surface area (Å²) in [5.74, 6) is -3.08. The van der Waals surface area contributed by atoms with Crippen LogP contribution in [-0.4, -0.2) is 101 Å². The van der Waals surface area contributed by atoms with Crippen molar-refractivity contribution in [1.29, 1.82) is 0 Å². The van der Waals surface area contributed by atoms with Crippen LogP contribution in [0.15, 0.2) is 146 Å². The zero-order chi connectivity index (χ0) is 78.0. The summed E-state index contributed by atoms with van der Waals surface area (Å²) in [5, 5.41) is 52.6. The summed E-state index contributed by atoms with van der Waals surface area (Å²) in [6.07, 6.45) is 22.8. The molecule has 20 rings (SSSR count). The zero-order valence-corrected chi connectivity index (χ0v) is 66.4. The number of carbonyl (C=O) groups is 4. The van der Waals surface area contributed by atoms with Crippen molar-refractivity contribution in [2.45, 2.75) is 196 Å². The molecule has 8 heterocycles. The lowest BCUT2D eigenvalue weighted by molar-refractivity contribution is -0.604. The highest BCUT2D eigenvalue weighted by atomic mass is 32.1. The largest absolute Gasteiger partial charge is 0.619 e. The van der Waals surface area contributed by atoms with Crippen LogP contribution in [0.3, 0.4) is 0 Å². The molecule has 12 aromatic rings. The van der Waals surface area contributed by atoms with Crippen molar-refractivity contribution in [2.75, 3.05) is 10.6 Å². The average molecular weight is 1530 g/mol. The first kappa shape index (κ1) is 73.6. The predicted molar refractivity (Wildman–Crippen MR) is 432 cm³/mol. The van der Waals surface area contributed by atoms with Crippen LogP contribution < -0.4 is 15.4 Å². The Hall–Kier alpha value is -10.2. The molecule has 8 aromatic heterocycles. The molecule has 2 amide bonds. The third-order valence-electron chi connectivity index (χ3n) is 24.0. The first-order chi connectivity index (χ1) is 52.4. The molecule has 8 saturated carbocycles. The lowest BCUT2D eigenvalue weighted by Gasteiger charge is -2.70. The van der Waals surface area contributed by atoms with Crippen molar-refractivity contribution in [3.8, 4) is 44.8 Å². The number of ether oxygens (including phenoxy) is 2. The van der Waals surface area contributed by atoms with Gasteiger partial charge in [0, 0.05) is 86.4 Å². The Bertz CT molecular complexity index is 5750. The number of para-hydroxylation sites is 2. The smallest absolute Gasteiger partial charge is 0.355 e. The van der Waals surface area contributed by atoms with Crippen LogP contribution in [0.4, 0.5) is 10.3 Å². The molecular formula is C88H92N12O9S2. The third kappa shape index (κ3) is 13.9. The van der Waals surface area contributed by atoms with Crippen molar-refractivity contribution >= 4 is 98.7 Å². The molecule has 8 bridgehead atoms. The molecule has 4 aromatic carbocycles. The van der Waals surface area contributed by atoms with Crippen molar-refractivity contribution in [1.82, 2.24) is 44.5 Å². The monoisotopic (exact) mass is 1520 g/mol. The van der Waals surface area contributed by atoms with Gasteiger partial charge in [-0.15, -0.1) is 0 Å². The van der Waals surface area contributed by atoms with Crippen molar-refractivity contribution in [2.24, 2.45) is 32.5 Å². The van der Waals surface area contributed by atoms with Crippen molar-refractivity contribution in [3.63, 3.8) is 0 Å². The molecule has 8 aliphatic rings. The maximum Gasteiger partial charge on any atom is 0.355 e. The van der Waals surface area contributed by atoms with E-state index in [0.29, 0.717) is 70.4 Å². The third-order valence-corrected chi connectivity index (χ3v) is 25.9. The Morgan fingerprint density at radius 3 is 1.35 bits per heavy atom. The van der Waals surface area contributed by atoms with Crippen LogP contribution in [0.25, 0.3) is 86.7 Å². The van der Waals surface area contributed by atoms with Gasteiger partial charge >= 0.3 is 11.9 Å². The number of fused-ring (bicyclic) bond motifs is 4. The second-order valence-electron chi connectivity index (χ2n) is 36.9. The van der Waals surface area contributed by atoms with Gasteiger partial charge in [0.15, 0.2) is 34.0 Å². The number of carboxylic acid groups (broad SMARTS) is 2. The topological polar surface area (TPSA) is 278 Å². The molecular weight excluding hydrogens is 1430 g/mol. The zero-order valence-electron chi connectivity index (χ0n) is 64.8. The number of hydrogen-bond acceptors (Lipinski definition) is 16. The van der Waals surface area contributed by atoms with E-state index in [1.807, 2.05) is 92.7 Å². The number of carboxylic acids is 2. The Balaban J connectivity index is 0.000000161. The number of benzene rings is 4. The Labute approximate surface area is 651 Å². The Morgan fingerprint density at radius 2 is 0.919 bits per heavy atom. The summed E-state index contributed by atoms with van der Waals surface area (Å²) in [4.78, 5) is 75.6. The van der Waals surface area contributed by atoms with Gasteiger partial charge in [-0.1, -0.05) is 92.8 Å². The van der Waals surface area contributed by atoms with Crippen LogP contribution in [0.2, 0.25) is 0 Å².